The second-order valence-electron chi connectivity index (χ2n) is 7.03. The Kier molecular flexibility index (Phi) is 8.29. The lowest BCUT2D eigenvalue weighted by molar-refractivity contribution is -0.137. The van der Waals surface area contributed by atoms with E-state index in [0.29, 0.717) is 23.6 Å². The van der Waals surface area contributed by atoms with E-state index in [-0.39, 0.29) is 11.8 Å². The second-order valence-corrected chi connectivity index (χ2v) is 8.05. The Morgan fingerprint density at radius 2 is 1.77 bits per heavy atom. The minimum absolute atomic E-state index is 0.115. The lowest BCUT2D eigenvalue weighted by Gasteiger charge is -2.15. The summed E-state index contributed by atoms with van der Waals surface area (Å²) in [6, 6.07) is 14.5. The zero-order valence-electron chi connectivity index (χ0n) is 17.5. The fraction of sp³-hybridized carbons (Fsp3) is 0.292. The number of amides is 2. The number of esters is 1. The standard InChI is InChI=1S/C24H26N2O4S/c1-2-30-23(28)14-11-18-9-12-19(13-10-18)25-24(29)20-7-3-4-8-21(20)31-17-22(27)26-15-5-6-16-26/h3-4,7-14H,2,5-6,15-17H2,1H3,(H,25,29)/b14-11+. The molecular formula is C24H26N2O4S. The van der Waals surface area contributed by atoms with Gasteiger partial charge in [0.2, 0.25) is 5.91 Å². The average molecular weight is 439 g/mol. The van der Waals surface area contributed by atoms with Crippen LogP contribution in [0.4, 0.5) is 5.69 Å². The first-order valence-corrected chi connectivity index (χ1v) is 11.3. The molecule has 0 unspecified atom stereocenters. The molecule has 3 rings (SSSR count). The summed E-state index contributed by atoms with van der Waals surface area (Å²) in [7, 11) is 0. The van der Waals surface area contributed by atoms with Gasteiger partial charge >= 0.3 is 5.97 Å². The van der Waals surface area contributed by atoms with Crippen molar-refractivity contribution in [3.8, 4) is 0 Å². The molecule has 7 heteroatoms. The molecule has 162 valence electrons. The van der Waals surface area contributed by atoms with E-state index in [0.717, 1.165) is 36.4 Å². The van der Waals surface area contributed by atoms with Gasteiger partial charge < -0.3 is 15.0 Å². The highest BCUT2D eigenvalue weighted by Crippen LogP contribution is 2.25. The molecule has 1 fully saturated rings. The maximum absolute atomic E-state index is 12.8. The number of nitrogens with zero attached hydrogens (tertiary/aromatic N) is 1. The van der Waals surface area contributed by atoms with Crippen molar-refractivity contribution in [2.45, 2.75) is 24.7 Å². The number of carbonyl (C=O) groups is 3. The molecule has 31 heavy (non-hydrogen) atoms. The first kappa shape index (κ1) is 22.6. The Balaban J connectivity index is 1.60. The fourth-order valence-electron chi connectivity index (χ4n) is 3.21. The molecule has 1 aliphatic rings. The summed E-state index contributed by atoms with van der Waals surface area (Å²) < 4.78 is 4.86. The second kappa shape index (κ2) is 11.4. The average Bonchev–Trinajstić information content (AvgIpc) is 3.32. The monoisotopic (exact) mass is 438 g/mol. The first-order valence-electron chi connectivity index (χ1n) is 10.3. The van der Waals surface area contributed by atoms with Crippen LogP contribution in [0.25, 0.3) is 6.08 Å². The predicted molar refractivity (Wildman–Crippen MR) is 123 cm³/mol. The number of nitrogens with one attached hydrogen (secondary N) is 1. The highest BCUT2D eigenvalue weighted by atomic mass is 32.2. The van der Waals surface area contributed by atoms with Gasteiger partial charge in [-0.2, -0.15) is 0 Å². The maximum atomic E-state index is 12.8. The molecule has 1 saturated heterocycles. The Hall–Kier alpha value is -3.06. The number of benzene rings is 2. The number of carbonyl (C=O) groups excluding carboxylic acids is 3. The molecule has 2 aromatic carbocycles. The van der Waals surface area contributed by atoms with Crippen molar-refractivity contribution < 1.29 is 19.1 Å². The van der Waals surface area contributed by atoms with Crippen LogP contribution in [0.15, 0.2) is 59.5 Å². The molecule has 0 spiro atoms. The molecule has 0 aromatic heterocycles. The summed E-state index contributed by atoms with van der Waals surface area (Å²) >= 11 is 1.39. The molecule has 0 bridgehead atoms. The Morgan fingerprint density at radius 3 is 2.48 bits per heavy atom. The first-order chi connectivity index (χ1) is 15.1. The smallest absolute Gasteiger partial charge is 0.330 e. The summed E-state index contributed by atoms with van der Waals surface area (Å²) in [6.07, 6.45) is 5.15. The highest BCUT2D eigenvalue weighted by Gasteiger charge is 2.19. The summed E-state index contributed by atoms with van der Waals surface area (Å²) in [6.45, 7) is 3.74. The normalized spacial score (nSPS) is 13.4. The van der Waals surface area contributed by atoms with E-state index in [1.54, 1.807) is 43.3 Å². The van der Waals surface area contributed by atoms with Gasteiger partial charge in [0.15, 0.2) is 0 Å². The molecule has 6 nitrogen and oxygen atoms in total. The van der Waals surface area contributed by atoms with Crippen LogP contribution in [0.3, 0.4) is 0 Å². The number of rotatable bonds is 8. The summed E-state index contributed by atoms with van der Waals surface area (Å²) in [5.74, 6) is -0.181. The number of hydrogen-bond acceptors (Lipinski definition) is 5. The van der Waals surface area contributed by atoms with E-state index in [4.69, 9.17) is 4.74 Å². The van der Waals surface area contributed by atoms with Crippen molar-refractivity contribution in [3.05, 3.63) is 65.7 Å². The van der Waals surface area contributed by atoms with Crippen molar-refractivity contribution in [1.29, 1.82) is 0 Å². The van der Waals surface area contributed by atoms with E-state index in [1.807, 2.05) is 23.1 Å². The number of likely N-dealkylation sites (tertiary alicyclic amines) is 1. The molecule has 1 heterocycles. The molecule has 0 saturated carbocycles. The van der Waals surface area contributed by atoms with E-state index >= 15 is 0 Å². The van der Waals surface area contributed by atoms with Crippen LogP contribution in [-0.2, 0) is 14.3 Å². The zero-order chi connectivity index (χ0) is 22.1. The van der Waals surface area contributed by atoms with E-state index in [1.165, 1.54) is 17.8 Å². The Labute approximate surface area is 186 Å². The number of hydrogen-bond donors (Lipinski definition) is 1. The van der Waals surface area contributed by atoms with Gasteiger partial charge in [0.05, 0.1) is 17.9 Å². The van der Waals surface area contributed by atoms with Crippen LogP contribution in [0.2, 0.25) is 0 Å². The van der Waals surface area contributed by atoms with Gasteiger partial charge in [-0.3, -0.25) is 9.59 Å². The third-order valence-corrected chi connectivity index (χ3v) is 5.87. The van der Waals surface area contributed by atoms with Gasteiger partial charge in [-0.05, 0) is 55.7 Å². The number of anilines is 1. The molecule has 1 N–H and O–H groups in total. The molecule has 0 aliphatic carbocycles. The van der Waals surface area contributed by atoms with Gasteiger partial charge in [-0.25, -0.2) is 4.79 Å². The SMILES string of the molecule is CCOC(=O)/C=C/c1ccc(NC(=O)c2ccccc2SCC(=O)N2CCCC2)cc1. The summed E-state index contributed by atoms with van der Waals surface area (Å²) in [4.78, 5) is 39.2. The van der Waals surface area contributed by atoms with Crippen LogP contribution >= 0.6 is 11.8 Å². The zero-order valence-corrected chi connectivity index (χ0v) is 18.3. The van der Waals surface area contributed by atoms with E-state index in [2.05, 4.69) is 5.32 Å². The molecule has 2 aromatic rings. The van der Waals surface area contributed by atoms with Crippen molar-refractivity contribution in [2.75, 3.05) is 30.8 Å². The van der Waals surface area contributed by atoms with Crippen molar-refractivity contribution in [1.82, 2.24) is 4.90 Å². The van der Waals surface area contributed by atoms with Gasteiger partial charge in [0.1, 0.15) is 0 Å². The minimum Gasteiger partial charge on any atom is -0.463 e. The Morgan fingerprint density at radius 1 is 1.06 bits per heavy atom. The van der Waals surface area contributed by atoms with Gasteiger partial charge in [-0.15, -0.1) is 11.8 Å². The molecule has 0 atom stereocenters. The fourth-order valence-corrected chi connectivity index (χ4v) is 4.16. The molecular weight excluding hydrogens is 412 g/mol. The predicted octanol–water partition coefficient (Wildman–Crippen LogP) is 4.23. The van der Waals surface area contributed by atoms with Gasteiger partial charge in [-0.1, -0.05) is 24.3 Å². The topological polar surface area (TPSA) is 75.7 Å². The Bertz CT molecular complexity index is 950. The minimum atomic E-state index is -0.391. The van der Waals surface area contributed by atoms with Crippen molar-refractivity contribution >= 4 is 41.3 Å². The van der Waals surface area contributed by atoms with Gasteiger partial charge in [0, 0.05) is 29.7 Å². The van der Waals surface area contributed by atoms with Crippen LogP contribution < -0.4 is 5.32 Å². The van der Waals surface area contributed by atoms with Crippen LogP contribution in [-0.4, -0.2) is 48.1 Å². The summed E-state index contributed by atoms with van der Waals surface area (Å²) in [5, 5.41) is 2.89. The maximum Gasteiger partial charge on any atom is 0.330 e. The van der Waals surface area contributed by atoms with Crippen LogP contribution in [0.1, 0.15) is 35.7 Å². The lowest BCUT2D eigenvalue weighted by Crippen LogP contribution is -2.29. The highest BCUT2D eigenvalue weighted by molar-refractivity contribution is 8.00. The largest absolute Gasteiger partial charge is 0.463 e. The number of thioether (sulfide) groups is 1. The quantitative estimate of drug-likeness (QED) is 0.379. The van der Waals surface area contributed by atoms with E-state index < -0.39 is 5.97 Å². The van der Waals surface area contributed by atoms with Crippen LogP contribution in [0, 0.1) is 0 Å². The number of ether oxygens (including phenoxy) is 1. The van der Waals surface area contributed by atoms with Crippen molar-refractivity contribution in [2.24, 2.45) is 0 Å². The molecule has 2 amide bonds. The molecule has 1 aliphatic heterocycles. The molecule has 0 radical (unpaired) electrons. The van der Waals surface area contributed by atoms with Crippen molar-refractivity contribution in [3.63, 3.8) is 0 Å². The van der Waals surface area contributed by atoms with Gasteiger partial charge in [0.25, 0.3) is 5.91 Å². The lowest BCUT2D eigenvalue weighted by atomic mass is 10.1. The van der Waals surface area contributed by atoms with E-state index in [9.17, 15) is 14.4 Å². The third-order valence-electron chi connectivity index (χ3n) is 4.81. The third kappa shape index (κ3) is 6.72. The summed E-state index contributed by atoms with van der Waals surface area (Å²) in [5.41, 5.74) is 2.00. The van der Waals surface area contributed by atoms with Crippen LogP contribution in [0.5, 0.6) is 0 Å².